The number of amides is 1. The Morgan fingerprint density at radius 2 is 1.90 bits per heavy atom. The molecule has 29 heavy (non-hydrogen) atoms. The number of hydrogen-bond donors (Lipinski definition) is 1. The number of anilines is 1. The summed E-state index contributed by atoms with van der Waals surface area (Å²) in [5.41, 5.74) is 0.738. The molecule has 2 heterocycles. The molecule has 10 nitrogen and oxygen atoms in total. The second kappa shape index (κ2) is 10.5. The molecule has 1 aromatic heterocycles. The minimum absolute atomic E-state index is 0. The van der Waals surface area contributed by atoms with Crippen LogP contribution < -0.4 is 19.1 Å². The zero-order valence-corrected chi connectivity index (χ0v) is 17.8. The summed E-state index contributed by atoms with van der Waals surface area (Å²) < 4.78 is 34.0. The highest BCUT2D eigenvalue weighted by Crippen LogP contribution is 2.34. The molecule has 1 atom stereocenters. The lowest BCUT2D eigenvalue weighted by Crippen LogP contribution is -2.40. The lowest BCUT2D eigenvalue weighted by atomic mass is 10.2. The molecule has 1 aliphatic rings. The minimum atomic E-state index is -2.45. The first-order valence-corrected chi connectivity index (χ1v) is 9.83. The van der Waals surface area contributed by atoms with E-state index in [1.54, 1.807) is 19.1 Å². The summed E-state index contributed by atoms with van der Waals surface area (Å²) in [4.78, 5) is 24.7. The van der Waals surface area contributed by atoms with Crippen molar-refractivity contribution in [1.29, 1.82) is 0 Å². The molecule has 1 aromatic carbocycles. The number of hydrogen-bond acceptors (Lipinski definition) is 8. The Hall–Kier alpha value is -2.21. The van der Waals surface area contributed by atoms with Crippen molar-refractivity contribution in [1.82, 2.24) is 19.6 Å². The van der Waals surface area contributed by atoms with Crippen LogP contribution >= 0.6 is 12.4 Å². The largest absolute Gasteiger partial charge is 0.760 e. The van der Waals surface area contributed by atoms with Crippen LogP contribution in [0.2, 0.25) is 0 Å². The number of carbonyl (C=O) groups excluding carboxylic acids is 1. The van der Waals surface area contributed by atoms with Crippen molar-refractivity contribution in [2.75, 3.05) is 51.8 Å². The van der Waals surface area contributed by atoms with Crippen LogP contribution in [0.4, 0.5) is 5.82 Å². The summed E-state index contributed by atoms with van der Waals surface area (Å²) in [6, 6.07) is 3.66. The third-order valence-corrected chi connectivity index (χ3v) is 4.99. The topological polar surface area (TPSA) is 120 Å². The van der Waals surface area contributed by atoms with E-state index in [0.717, 1.165) is 23.1 Å². The van der Waals surface area contributed by atoms with Gasteiger partial charge in [0, 0.05) is 48.9 Å². The summed E-state index contributed by atoms with van der Waals surface area (Å²) >= 11 is -2.45. The van der Waals surface area contributed by atoms with Crippen LogP contribution in [0, 0.1) is 0 Å². The van der Waals surface area contributed by atoms with E-state index in [9.17, 15) is 13.6 Å². The van der Waals surface area contributed by atoms with Crippen LogP contribution in [0.5, 0.6) is 11.5 Å². The molecule has 0 aliphatic carbocycles. The van der Waals surface area contributed by atoms with Crippen LogP contribution in [0.15, 0.2) is 18.5 Å². The molecule has 160 valence electrons. The second-order valence-electron chi connectivity index (χ2n) is 6.20. The fraction of sp³-hybridized carbons (Fsp3) is 0.471. The predicted molar refractivity (Wildman–Crippen MR) is 110 cm³/mol. The van der Waals surface area contributed by atoms with Crippen molar-refractivity contribution in [3.05, 3.63) is 18.5 Å². The maximum atomic E-state index is 12.2. The van der Waals surface area contributed by atoms with Gasteiger partial charge in [0.05, 0.1) is 26.3 Å². The Kier molecular flexibility index (Phi) is 8.38. The van der Waals surface area contributed by atoms with E-state index in [2.05, 4.69) is 19.6 Å². The molecule has 3 rings (SSSR count). The minimum Gasteiger partial charge on any atom is -0.760 e. The normalized spacial score (nSPS) is 15.4. The molecular weight excluding hydrogens is 422 g/mol. The van der Waals surface area contributed by atoms with Gasteiger partial charge in [0.1, 0.15) is 12.1 Å². The van der Waals surface area contributed by atoms with Gasteiger partial charge < -0.3 is 23.8 Å². The van der Waals surface area contributed by atoms with E-state index in [-0.39, 0.29) is 24.9 Å². The summed E-state index contributed by atoms with van der Waals surface area (Å²) in [7, 11) is 3.15. The highest BCUT2D eigenvalue weighted by atomic mass is 35.5. The van der Waals surface area contributed by atoms with Gasteiger partial charge in [-0.1, -0.05) is 0 Å². The number of halogens is 1. The van der Waals surface area contributed by atoms with E-state index in [1.165, 1.54) is 6.33 Å². The van der Waals surface area contributed by atoms with Crippen molar-refractivity contribution in [3.63, 3.8) is 0 Å². The Labute approximate surface area is 177 Å². The van der Waals surface area contributed by atoms with Crippen LogP contribution in [0.25, 0.3) is 10.9 Å². The van der Waals surface area contributed by atoms with Crippen molar-refractivity contribution in [2.45, 2.75) is 6.42 Å². The molecule has 1 aliphatic heterocycles. The fourth-order valence-corrected chi connectivity index (χ4v) is 3.47. The van der Waals surface area contributed by atoms with Gasteiger partial charge in [0.2, 0.25) is 5.91 Å². The quantitative estimate of drug-likeness (QED) is 0.639. The van der Waals surface area contributed by atoms with Gasteiger partial charge >= 0.3 is 0 Å². The third kappa shape index (κ3) is 5.44. The fourth-order valence-electron chi connectivity index (χ4n) is 3.23. The van der Waals surface area contributed by atoms with E-state index >= 15 is 0 Å². The molecule has 1 amide bonds. The van der Waals surface area contributed by atoms with E-state index < -0.39 is 11.3 Å². The standard InChI is InChI=1S/C17H23N5O5S.ClH/c1-26-14-8-12-13(9-15(14)27-2)18-11-19-17(12)22-5-3-4-21(6-7-22)16(23)10-20-28(24)25;/h8-9,11,20H,3-7,10H2,1-2H3,(H,24,25);1H/p-1. The van der Waals surface area contributed by atoms with Gasteiger partial charge in [-0.25, -0.2) is 14.7 Å². The van der Waals surface area contributed by atoms with Crippen LogP contribution in [-0.2, 0) is 16.1 Å². The first kappa shape index (κ1) is 23.1. The smallest absolute Gasteiger partial charge is 0.237 e. The van der Waals surface area contributed by atoms with Gasteiger partial charge in [0.15, 0.2) is 11.5 Å². The molecular formula is C17H23ClN5O5S-. The SMILES string of the molecule is COc1cc2ncnc(N3CCCN(C(=O)CNS(=O)[O-])CC3)c2cc1OC.Cl. The van der Waals surface area contributed by atoms with Crippen molar-refractivity contribution < 1.29 is 23.0 Å². The molecule has 12 heteroatoms. The summed E-state index contributed by atoms with van der Waals surface area (Å²) in [6.07, 6.45) is 2.25. The average Bonchev–Trinajstić information content (AvgIpc) is 2.96. The van der Waals surface area contributed by atoms with E-state index in [0.29, 0.717) is 37.7 Å². The number of benzene rings is 1. The molecule has 0 saturated carbocycles. The van der Waals surface area contributed by atoms with Gasteiger partial charge in [-0.05, 0) is 12.5 Å². The van der Waals surface area contributed by atoms with Crippen LogP contribution in [0.1, 0.15) is 6.42 Å². The molecule has 0 spiro atoms. The maximum absolute atomic E-state index is 12.2. The lowest BCUT2D eigenvalue weighted by molar-refractivity contribution is -0.129. The van der Waals surface area contributed by atoms with Gasteiger partial charge in [-0.2, -0.15) is 0 Å². The number of rotatable bonds is 6. The zero-order valence-electron chi connectivity index (χ0n) is 16.1. The third-order valence-electron chi connectivity index (χ3n) is 4.61. The Morgan fingerprint density at radius 3 is 2.59 bits per heavy atom. The van der Waals surface area contributed by atoms with Crippen LogP contribution in [-0.4, -0.2) is 76.5 Å². The average molecular weight is 445 g/mol. The molecule has 1 saturated heterocycles. The van der Waals surface area contributed by atoms with Crippen molar-refractivity contribution in [2.24, 2.45) is 0 Å². The number of nitrogens with zero attached hydrogens (tertiary/aromatic N) is 4. The second-order valence-corrected chi connectivity index (χ2v) is 6.96. The van der Waals surface area contributed by atoms with Gasteiger partial charge in [-0.15, -0.1) is 12.4 Å². The highest BCUT2D eigenvalue weighted by Gasteiger charge is 2.22. The number of nitrogens with one attached hydrogen (secondary N) is 1. The van der Waals surface area contributed by atoms with Crippen LogP contribution in [0.3, 0.4) is 0 Å². The first-order chi connectivity index (χ1) is 13.5. The number of ether oxygens (including phenoxy) is 2. The zero-order chi connectivity index (χ0) is 20.1. The number of methoxy groups -OCH3 is 2. The number of fused-ring (bicyclic) bond motifs is 1. The van der Waals surface area contributed by atoms with Gasteiger partial charge in [0.25, 0.3) is 0 Å². The van der Waals surface area contributed by atoms with E-state index in [1.807, 2.05) is 12.1 Å². The molecule has 1 N–H and O–H groups in total. The molecule has 1 fully saturated rings. The lowest BCUT2D eigenvalue weighted by Gasteiger charge is -2.24. The Balaban J connectivity index is 0.00000300. The first-order valence-electron chi connectivity index (χ1n) is 8.75. The maximum Gasteiger partial charge on any atom is 0.237 e. The van der Waals surface area contributed by atoms with E-state index in [4.69, 9.17) is 9.47 Å². The van der Waals surface area contributed by atoms with Crippen molar-refractivity contribution >= 4 is 46.3 Å². The van der Waals surface area contributed by atoms with Gasteiger partial charge in [-0.3, -0.25) is 9.00 Å². The molecule has 2 aromatic rings. The number of aromatic nitrogens is 2. The molecule has 1 unspecified atom stereocenters. The van der Waals surface area contributed by atoms with Crippen molar-refractivity contribution in [3.8, 4) is 11.5 Å². The summed E-state index contributed by atoms with van der Waals surface area (Å²) in [5, 5.41) is 0.836. The summed E-state index contributed by atoms with van der Waals surface area (Å²) in [5.74, 6) is 1.70. The molecule has 0 radical (unpaired) electrons. The monoisotopic (exact) mass is 444 g/mol. The predicted octanol–water partition coefficient (Wildman–Crippen LogP) is 0.491. The molecule has 0 bridgehead atoms. The summed E-state index contributed by atoms with van der Waals surface area (Å²) in [6.45, 7) is 2.09. The Bertz CT molecular complexity index is 887. The highest BCUT2D eigenvalue weighted by molar-refractivity contribution is 7.77. The number of carbonyl (C=O) groups is 1. The Morgan fingerprint density at radius 1 is 1.17 bits per heavy atom.